The van der Waals surface area contributed by atoms with E-state index < -0.39 is 17.3 Å². The normalized spacial score (nSPS) is 19.2. The standard InChI is InChI=1S/C16H19ClO3/c17-14(15(18)12-9-5-2-6-10-12)13(16(19)20)11-7-3-1-4-8-11/h1,3-4,7-8,12-14H,2,5-6,9-10H2,(H,19,20). The summed E-state index contributed by atoms with van der Waals surface area (Å²) in [5.41, 5.74) is 0.587. The van der Waals surface area contributed by atoms with E-state index in [0.29, 0.717) is 5.56 Å². The van der Waals surface area contributed by atoms with Crippen LogP contribution in [0.5, 0.6) is 0 Å². The van der Waals surface area contributed by atoms with Crippen molar-refractivity contribution in [2.24, 2.45) is 5.92 Å². The van der Waals surface area contributed by atoms with Crippen LogP contribution < -0.4 is 0 Å². The second-order valence-corrected chi connectivity index (χ2v) is 5.84. The summed E-state index contributed by atoms with van der Waals surface area (Å²) in [6.45, 7) is 0. The lowest BCUT2D eigenvalue weighted by Crippen LogP contribution is -2.34. The van der Waals surface area contributed by atoms with E-state index in [1.807, 2.05) is 6.07 Å². The number of carboxylic acids is 1. The Morgan fingerprint density at radius 2 is 1.70 bits per heavy atom. The third kappa shape index (κ3) is 3.40. The maximum Gasteiger partial charge on any atom is 0.312 e. The van der Waals surface area contributed by atoms with Crippen molar-refractivity contribution in [1.29, 1.82) is 0 Å². The van der Waals surface area contributed by atoms with Gasteiger partial charge in [0, 0.05) is 5.92 Å². The van der Waals surface area contributed by atoms with Crippen LogP contribution in [0.2, 0.25) is 0 Å². The highest BCUT2D eigenvalue weighted by Gasteiger charge is 2.37. The number of alkyl halides is 1. The molecule has 1 aromatic carbocycles. The van der Waals surface area contributed by atoms with Gasteiger partial charge in [0.2, 0.25) is 0 Å². The van der Waals surface area contributed by atoms with E-state index in [9.17, 15) is 14.7 Å². The number of rotatable bonds is 5. The van der Waals surface area contributed by atoms with E-state index in [1.165, 1.54) is 0 Å². The van der Waals surface area contributed by atoms with Gasteiger partial charge in [0.15, 0.2) is 5.78 Å². The van der Waals surface area contributed by atoms with E-state index in [4.69, 9.17) is 11.6 Å². The molecule has 2 atom stereocenters. The van der Waals surface area contributed by atoms with Crippen LogP contribution in [-0.2, 0) is 9.59 Å². The van der Waals surface area contributed by atoms with Crippen molar-refractivity contribution in [2.45, 2.75) is 43.4 Å². The molecule has 1 fully saturated rings. The zero-order chi connectivity index (χ0) is 14.5. The third-order valence-corrected chi connectivity index (χ3v) is 4.46. The number of Topliss-reactive ketones (excluding diaryl/α,β-unsaturated/α-hetero) is 1. The van der Waals surface area contributed by atoms with Crippen molar-refractivity contribution in [3.8, 4) is 0 Å². The summed E-state index contributed by atoms with van der Waals surface area (Å²) in [5, 5.41) is 8.42. The third-order valence-electron chi connectivity index (χ3n) is 4.00. The second-order valence-electron chi connectivity index (χ2n) is 5.37. The van der Waals surface area contributed by atoms with Gasteiger partial charge in [-0.1, -0.05) is 49.6 Å². The zero-order valence-electron chi connectivity index (χ0n) is 11.3. The summed E-state index contributed by atoms with van der Waals surface area (Å²) in [4.78, 5) is 23.9. The molecule has 108 valence electrons. The van der Waals surface area contributed by atoms with Gasteiger partial charge < -0.3 is 5.11 Å². The highest BCUT2D eigenvalue weighted by atomic mass is 35.5. The number of hydrogen-bond acceptors (Lipinski definition) is 2. The Bertz CT molecular complexity index is 466. The fraction of sp³-hybridized carbons (Fsp3) is 0.500. The highest BCUT2D eigenvalue weighted by molar-refractivity contribution is 6.33. The molecule has 0 aromatic heterocycles. The average molecular weight is 295 g/mol. The largest absolute Gasteiger partial charge is 0.481 e. The number of carbonyl (C=O) groups is 2. The summed E-state index contributed by atoms with van der Waals surface area (Å²) < 4.78 is 0. The predicted octanol–water partition coefficient (Wildman–Crippen LogP) is 3.61. The Labute approximate surface area is 123 Å². The number of halogens is 1. The minimum atomic E-state index is -1.04. The lowest BCUT2D eigenvalue weighted by Gasteiger charge is -2.25. The molecule has 1 aromatic rings. The first-order chi connectivity index (χ1) is 9.61. The van der Waals surface area contributed by atoms with Crippen LogP contribution in [0.25, 0.3) is 0 Å². The molecule has 20 heavy (non-hydrogen) atoms. The molecule has 4 heteroatoms. The molecule has 1 aliphatic carbocycles. The van der Waals surface area contributed by atoms with Gasteiger partial charge in [-0.2, -0.15) is 0 Å². The average Bonchev–Trinajstić information content (AvgIpc) is 2.48. The van der Waals surface area contributed by atoms with Crippen molar-refractivity contribution in [3.05, 3.63) is 35.9 Å². The van der Waals surface area contributed by atoms with Crippen LogP contribution in [0.1, 0.15) is 43.6 Å². The summed E-state index contributed by atoms with van der Waals surface area (Å²) in [6, 6.07) is 8.76. The summed E-state index contributed by atoms with van der Waals surface area (Å²) in [6.07, 6.45) is 4.89. The van der Waals surface area contributed by atoms with E-state index in [-0.39, 0.29) is 11.7 Å². The molecule has 0 saturated heterocycles. The highest BCUT2D eigenvalue weighted by Crippen LogP contribution is 2.32. The van der Waals surface area contributed by atoms with Crippen molar-refractivity contribution < 1.29 is 14.7 Å². The number of carbonyl (C=O) groups excluding carboxylic acids is 1. The molecule has 1 aliphatic rings. The van der Waals surface area contributed by atoms with Crippen LogP contribution >= 0.6 is 11.6 Å². The Balaban J connectivity index is 2.16. The van der Waals surface area contributed by atoms with Crippen molar-refractivity contribution in [2.75, 3.05) is 0 Å². The minimum absolute atomic E-state index is 0.0724. The van der Waals surface area contributed by atoms with Crippen molar-refractivity contribution >= 4 is 23.4 Å². The molecular formula is C16H19ClO3. The van der Waals surface area contributed by atoms with E-state index in [1.54, 1.807) is 24.3 Å². The zero-order valence-corrected chi connectivity index (χ0v) is 12.1. The Morgan fingerprint density at radius 1 is 1.10 bits per heavy atom. The first-order valence-corrected chi connectivity index (χ1v) is 7.50. The molecule has 2 unspecified atom stereocenters. The van der Waals surface area contributed by atoms with Crippen LogP contribution in [-0.4, -0.2) is 22.2 Å². The fourth-order valence-electron chi connectivity index (χ4n) is 2.87. The number of benzene rings is 1. The fourth-order valence-corrected chi connectivity index (χ4v) is 3.31. The lowest BCUT2D eigenvalue weighted by atomic mass is 9.81. The molecule has 0 bridgehead atoms. The molecular weight excluding hydrogens is 276 g/mol. The molecule has 2 rings (SSSR count). The van der Waals surface area contributed by atoms with E-state index >= 15 is 0 Å². The quantitative estimate of drug-likeness (QED) is 0.844. The van der Waals surface area contributed by atoms with Crippen LogP contribution in [0, 0.1) is 5.92 Å². The van der Waals surface area contributed by atoms with Gasteiger partial charge >= 0.3 is 5.97 Å². The van der Waals surface area contributed by atoms with Crippen LogP contribution in [0.15, 0.2) is 30.3 Å². The van der Waals surface area contributed by atoms with Crippen molar-refractivity contribution in [3.63, 3.8) is 0 Å². The van der Waals surface area contributed by atoms with Crippen LogP contribution in [0.4, 0.5) is 0 Å². The molecule has 0 spiro atoms. The number of aliphatic carboxylic acids is 1. The molecule has 3 nitrogen and oxygen atoms in total. The molecule has 1 saturated carbocycles. The van der Waals surface area contributed by atoms with Gasteiger partial charge in [0.25, 0.3) is 0 Å². The second kappa shape index (κ2) is 6.89. The summed E-state index contributed by atoms with van der Waals surface area (Å²) in [7, 11) is 0. The first-order valence-electron chi connectivity index (χ1n) is 7.07. The Kier molecular flexibility index (Phi) is 5.18. The van der Waals surface area contributed by atoms with Crippen molar-refractivity contribution in [1.82, 2.24) is 0 Å². The molecule has 0 radical (unpaired) electrons. The number of ketones is 1. The Hall–Kier alpha value is -1.35. The number of carboxylic acid groups (broad SMARTS) is 1. The number of hydrogen-bond donors (Lipinski definition) is 1. The lowest BCUT2D eigenvalue weighted by molar-refractivity contribution is -0.141. The van der Waals surface area contributed by atoms with E-state index in [0.717, 1.165) is 32.1 Å². The molecule has 0 amide bonds. The van der Waals surface area contributed by atoms with Gasteiger partial charge in [0.05, 0.1) is 0 Å². The van der Waals surface area contributed by atoms with Gasteiger partial charge in [-0.25, -0.2) is 0 Å². The SMILES string of the molecule is O=C(C1CCCCC1)C(Cl)C(C(=O)O)c1ccccc1. The van der Waals surface area contributed by atoms with Gasteiger partial charge in [-0.05, 0) is 18.4 Å². The monoisotopic (exact) mass is 294 g/mol. The van der Waals surface area contributed by atoms with Gasteiger partial charge in [-0.15, -0.1) is 11.6 Å². The summed E-state index contributed by atoms with van der Waals surface area (Å²) >= 11 is 6.23. The van der Waals surface area contributed by atoms with E-state index in [2.05, 4.69) is 0 Å². The minimum Gasteiger partial charge on any atom is -0.481 e. The predicted molar refractivity (Wildman–Crippen MR) is 78.0 cm³/mol. The maximum atomic E-state index is 12.4. The van der Waals surface area contributed by atoms with Crippen LogP contribution in [0.3, 0.4) is 0 Å². The maximum absolute atomic E-state index is 12.4. The molecule has 0 heterocycles. The first kappa shape index (κ1) is 15.0. The van der Waals surface area contributed by atoms with Gasteiger partial charge in [0.1, 0.15) is 11.3 Å². The smallest absolute Gasteiger partial charge is 0.312 e. The molecule has 1 N–H and O–H groups in total. The summed E-state index contributed by atoms with van der Waals surface area (Å²) in [5.74, 6) is -2.19. The molecule has 0 aliphatic heterocycles. The van der Waals surface area contributed by atoms with Gasteiger partial charge in [-0.3, -0.25) is 9.59 Å². The Morgan fingerprint density at radius 3 is 2.25 bits per heavy atom. The topological polar surface area (TPSA) is 54.4 Å².